The maximum Gasteiger partial charge on any atom is 0.409 e. The summed E-state index contributed by atoms with van der Waals surface area (Å²) in [5.74, 6) is -1.81. The molecule has 0 N–H and O–H groups in total. The van der Waals surface area contributed by atoms with Crippen LogP contribution in [0.2, 0.25) is 0 Å². The molecule has 0 aromatic rings. The minimum Gasteiger partial charge on any atom is -0.274 e. The maximum atomic E-state index is 11.0. The second-order valence-corrected chi connectivity index (χ2v) is 0.892. The van der Waals surface area contributed by atoms with Crippen LogP contribution < -0.4 is 0 Å². The fourth-order valence-corrected chi connectivity index (χ4v) is 0.129. The topological polar surface area (TPSA) is 35.5 Å². The molecule has 3 nitrogen and oxygen atoms in total. The van der Waals surface area contributed by atoms with Gasteiger partial charge < -0.3 is 0 Å². The Morgan fingerprint density at radius 2 is 2.12 bits per heavy atom. The van der Waals surface area contributed by atoms with Crippen LogP contribution in [0.5, 0.6) is 0 Å². The SMILES string of the molecule is O=C(OOCl)C(F)F. The number of rotatable bonds is 2. The lowest BCUT2D eigenvalue weighted by molar-refractivity contribution is -0.223. The molecule has 0 saturated heterocycles. The average Bonchev–Trinajstić information content (AvgIpc) is 1.67. The highest BCUT2D eigenvalue weighted by atomic mass is 35.5. The number of halogens is 3. The molecule has 8 heavy (non-hydrogen) atoms. The highest BCUT2D eigenvalue weighted by Gasteiger charge is 2.17. The summed E-state index contributed by atoms with van der Waals surface area (Å²) in [6.07, 6.45) is -3.20. The molecule has 0 unspecified atom stereocenters. The van der Waals surface area contributed by atoms with E-state index in [1.165, 1.54) is 0 Å². The third-order valence-corrected chi connectivity index (χ3v) is 0.355. The van der Waals surface area contributed by atoms with Gasteiger partial charge in [0.1, 0.15) is 11.9 Å². The zero-order valence-corrected chi connectivity index (χ0v) is 4.19. The second kappa shape index (κ2) is 3.57. The highest BCUT2D eigenvalue weighted by molar-refractivity contribution is 6.07. The van der Waals surface area contributed by atoms with Crippen LogP contribution in [0.25, 0.3) is 0 Å². The Hall–Kier alpha value is -0.420. The largest absolute Gasteiger partial charge is 0.409 e. The van der Waals surface area contributed by atoms with Gasteiger partial charge in [0.2, 0.25) is 0 Å². The molecule has 0 spiro atoms. The first-order valence-electron chi connectivity index (χ1n) is 1.45. The molecule has 0 bridgehead atoms. The summed E-state index contributed by atoms with van der Waals surface area (Å²) in [5.41, 5.74) is 0. The number of carbonyl (C=O) groups excluding carboxylic acids is 1. The first kappa shape index (κ1) is 7.58. The maximum absolute atomic E-state index is 11.0. The Labute approximate surface area is 48.2 Å². The fourth-order valence-electron chi connectivity index (χ4n) is 0.0674. The van der Waals surface area contributed by atoms with Gasteiger partial charge in [-0.2, -0.15) is 8.78 Å². The van der Waals surface area contributed by atoms with Gasteiger partial charge in [-0.05, 0) is 0 Å². The lowest BCUT2D eigenvalue weighted by Gasteiger charge is -1.91. The van der Waals surface area contributed by atoms with E-state index in [4.69, 9.17) is 0 Å². The first-order valence-corrected chi connectivity index (χ1v) is 1.76. The predicted octanol–water partition coefficient (Wildman–Crippen LogP) is 0.880. The summed E-state index contributed by atoms with van der Waals surface area (Å²) >= 11 is 4.26. The first-order chi connectivity index (χ1) is 3.68. The molecule has 0 aliphatic heterocycles. The van der Waals surface area contributed by atoms with Crippen LogP contribution in [0.15, 0.2) is 0 Å². The molecule has 0 amide bonds. The van der Waals surface area contributed by atoms with E-state index in [0.29, 0.717) is 0 Å². The Kier molecular flexibility index (Phi) is 3.38. The zero-order chi connectivity index (χ0) is 6.57. The van der Waals surface area contributed by atoms with Crippen molar-refractivity contribution in [3.63, 3.8) is 0 Å². The molecule has 0 heterocycles. The van der Waals surface area contributed by atoms with Crippen LogP contribution in [0, 0.1) is 0 Å². The molecule has 0 rings (SSSR count). The second-order valence-electron chi connectivity index (χ2n) is 0.766. The van der Waals surface area contributed by atoms with Crippen molar-refractivity contribution < 1.29 is 22.9 Å². The van der Waals surface area contributed by atoms with E-state index >= 15 is 0 Å². The molecular formula is C2HClF2O3. The van der Waals surface area contributed by atoms with E-state index in [9.17, 15) is 13.6 Å². The standard InChI is InChI=1S/C2HClF2O3/c3-8-7-2(6)1(4)5/h1H. The molecule has 0 aromatic carbocycles. The Morgan fingerprint density at radius 3 is 2.25 bits per heavy atom. The molecule has 48 valence electrons. The molecular weight excluding hydrogens is 145 g/mol. The summed E-state index contributed by atoms with van der Waals surface area (Å²) in [5, 5.41) is 0. The molecule has 0 aliphatic rings. The molecule has 0 aliphatic carbocycles. The lowest BCUT2D eigenvalue weighted by atomic mass is 10.7. The van der Waals surface area contributed by atoms with Crippen LogP contribution in [-0.4, -0.2) is 12.4 Å². The smallest absolute Gasteiger partial charge is 0.274 e. The number of alkyl halides is 2. The van der Waals surface area contributed by atoms with Crippen molar-refractivity contribution in [2.75, 3.05) is 0 Å². The molecule has 0 saturated carbocycles. The summed E-state index contributed by atoms with van der Waals surface area (Å²) < 4.78 is 25.1. The van der Waals surface area contributed by atoms with Gasteiger partial charge in [-0.3, -0.25) is 4.89 Å². The van der Waals surface area contributed by atoms with E-state index in [1.807, 2.05) is 0 Å². The van der Waals surface area contributed by atoms with Gasteiger partial charge in [-0.15, -0.1) is 0 Å². The van der Waals surface area contributed by atoms with E-state index < -0.39 is 12.4 Å². The quantitative estimate of drug-likeness (QED) is 0.429. The van der Waals surface area contributed by atoms with Gasteiger partial charge >= 0.3 is 12.4 Å². The van der Waals surface area contributed by atoms with Crippen LogP contribution in [0.4, 0.5) is 8.78 Å². The van der Waals surface area contributed by atoms with Crippen molar-refractivity contribution >= 4 is 17.8 Å². The molecule has 0 atom stereocenters. The van der Waals surface area contributed by atoms with Crippen LogP contribution in [0.1, 0.15) is 0 Å². The molecule has 6 heteroatoms. The van der Waals surface area contributed by atoms with E-state index in [-0.39, 0.29) is 0 Å². The monoisotopic (exact) mass is 146 g/mol. The highest BCUT2D eigenvalue weighted by Crippen LogP contribution is 1.96. The van der Waals surface area contributed by atoms with Crippen LogP contribution in [0.3, 0.4) is 0 Å². The number of hydrogen-bond acceptors (Lipinski definition) is 3. The summed E-state index contributed by atoms with van der Waals surface area (Å²) in [6, 6.07) is 0. The average molecular weight is 146 g/mol. The van der Waals surface area contributed by atoms with Crippen molar-refractivity contribution in [1.82, 2.24) is 0 Å². The number of hydrogen-bond donors (Lipinski definition) is 0. The summed E-state index contributed by atoms with van der Waals surface area (Å²) in [4.78, 5) is 12.7. The van der Waals surface area contributed by atoms with E-state index in [2.05, 4.69) is 21.2 Å². The molecule has 0 fully saturated rings. The summed E-state index contributed by atoms with van der Waals surface area (Å²) in [7, 11) is 0. The Balaban J connectivity index is 3.33. The normalized spacial score (nSPS) is 9.50. The van der Waals surface area contributed by atoms with Crippen LogP contribution >= 0.6 is 11.9 Å². The van der Waals surface area contributed by atoms with Crippen molar-refractivity contribution in [3.05, 3.63) is 0 Å². The Bertz CT molecular complexity index is 85.4. The van der Waals surface area contributed by atoms with Gasteiger partial charge in [-0.1, -0.05) is 4.44 Å². The van der Waals surface area contributed by atoms with E-state index in [1.54, 1.807) is 0 Å². The van der Waals surface area contributed by atoms with E-state index in [0.717, 1.165) is 0 Å². The van der Waals surface area contributed by atoms with Crippen molar-refractivity contribution in [1.29, 1.82) is 0 Å². The Morgan fingerprint density at radius 1 is 1.62 bits per heavy atom. The third kappa shape index (κ3) is 2.70. The third-order valence-electron chi connectivity index (χ3n) is 0.292. The summed E-state index contributed by atoms with van der Waals surface area (Å²) in [6.45, 7) is 0. The van der Waals surface area contributed by atoms with Gasteiger partial charge in [0, 0.05) is 0 Å². The van der Waals surface area contributed by atoms with Crippen LogP contribution in [-0.2, 0) is 14.1 Å². The molecule has 0 radical (unpaired) electrons. The minimum atomic E-state index is -3.20. The fraction of sp³-hybridized carbons (Fsp3) is 0.500. The van der Waals surface area contributed by atoms with Gasteiger partial charge in [0.05, 0.1) is 0 Å². The lowest BCUT2D eigenvalue weighted by Crippen LogP contribution is -2.11. The van der Waals surface area contributed by atoms with Crippen molar-refractivity contribution in [2.24, 2.45) is 0 Å². The molecule has 0 aromatic heterocycles. The predicted molar refractivity (Wildman–Crippen MR) is 19.0 cm³/mol. The van der Waals surface area contributed by atoms with Crippen molar-refractivity contribution in [3.8, 4) is 0 Å². The van der Waals surface area contributed by atoms with Gasteiger partial charge in [0.15, 0.2) is 0 Å². The minimum absolute atomic E-state index is 1.81. The van der Waals surface area contributed by atoms with Gasteiger partial charge in [0.25, 0.3) is 0 Å². The number of carbonyl (C=O) groups is 1. The zero-order valence-electron chi connectivity index (χ0n) is 3.44. The van der Waals surface area contributed by atoms with Gasteiger partial charge in [-0.25, -0.2) is 4.79 Å². The van der Waals surface area contributed by atoms with Crippen molar-refractivity contribution in [2.45, 2.75) is 6.43 Å².